The maximum atomic E-state index is 13.2. The number of halogens is 1. The van der Waals surface area contributed by atoms with Crippen LogP contribution >= 0.6 is 0 Å². The van der Waals surface area contributed by atoms with E-state index in [9.17, 15) is 22.7 Å². The number of rotatable bonds is 11. The molecule has 0 unspecified atom stereocenters. The van der Waals surface area contributed by atoms with Crippen molar-refractivity contribution >= 4 is 15.7 Å². The number of aromatic nitrogens is 2. The van der Waals surface area contributed by atoms with Crippen LogP contribution in [-0.2, 0) is 19.3 Å². The van der Waals surface area contributed by atoms with Crippen molar-refractivity contribution in [3.8, 4) is 28.5 Å². The van der Waals surface area contributed by atoms with Crippen LogP contribution in [0.15, 0.2) is 53.7 Å². The average Bonchev–Trinajstić information content (AvgIpc) is 3.53. The fourth-order valence-electron chi connectivity index (χ4n) is 4.01. The fraction of sp³-hybridized carbons (Fsp3) is 0.407. The third-order valence-corrected chi connectivity index (χ3v) is 6.99. The Balaban J connectivity index is 1.56. The number of ether oxygens (including phenoxy) is 4. The van der Waals surface area contributed by atoms with Crippen molar-refractivity contribution in [2.24, 2.45) is 0 Å². The molecule has 3 heterocycles. The second-order valence-electron chi connectivity index (χ2n) is 9.90. The predicted octanol–water partition coefficient (Wildman–Crippen LogP) is 3.25. The normalized spacial score (nSPS) is 18.2. The first-order valence-electron chi connectivity index (χ1n) is 12.5. The van der Waals surface area contributed by atoms with Crippen molar-refractivity contribution in [3.05, 3.63) is 54.4 Å². The average molecular weight is 578 g/mol. The molecular formula is C27H32FN3O8S. The van der Waals surface area contributed by atoms with Crippen LogP contribution in [0.4, 0.5) is 4.39 Å². The third kappa shape index (κ3) is 7.36. The van der Waals surface area contributed by atoms with Gasteiger partial charge < -0.3 is 34.4 Å². The minimum absolute atomic E-state index is 0.0919. The maximum absolute atomic E-state index is 13.2. The smallest absolute Gasteiger partial charge is 0.268 e. The number of benzene rings is 1. The Morgan fingerprint density at radius 3 is 2.58 bits per heavy atom. The lowest BCUT2D eigenvalue weighted by atomic mass is 10.1. The van der Waals surface area contributed by atoms with Crippen molar-refractivity contribution in [2.45, 2.75) is 49.8 Å². The van der Waals surface area contributed by atoms with Crippen molar-refractivity contribution in [1.29, 1.82) is 0 Å². The van der Waals surface area contributed by atoms with E-state index in [-0.39, 0.29) is 29.7 Å². The van der Waals surface area contributed by atoms with Gasteiger partial charge in [0.05, 0.1) is 25.5 Å². The van der Waals surface area contributed by atoms with Gasteiger partial charge in [-0.05, 0) is 57.2 Å². The maximum Gasteiger partial charge on any atom is 0.268 e. The fourth-order valence-corrected chi connectivity index (χ4v) is 4.57. The van der Waals surface area contributed by atoms with Gasteiger partial charge >= 0.3 is 0 Å². The van der Waals surface area contributed by atoms with Crippen LogP contribution < -0.4 is 14.8 Å². The molecule has 0 saturated carbocycles. The number of carbonyl (C=O) groups is 1. The summed E-state index contributed by atoms with van der Waals surface area (Å²) in [7, 11) is -3.47. The van der Waals surface area contributed by atoms with Crippen LogP contribution in [0.25, 0.3) is 11.3 Å². The quantitative estimate of drug-likeness (QED) is 0.312. The molecule has 1 aromatic carbocycles. The zero-order chi connectivity index (χ0) is 29.1. The van der Waals surface area contributed by atoms with Crippen molar-refractivity contribution in [3.63, 3.8) is 0 Å². The van der Waals surface area contributed by atoms with Crippen LogP contribution in [0.3, 0.4) is 0 Å². The van der Waals surface area contributed by atoms with Crippen LogP contribution in [0.1, 0.15) is 31.3 Å². The van der Waals surface area contributed by atoms with Gasteiger partial charge in [0.25, 0.3) is 5.91 Å². The number of alkyl halides is 1. The highest BCUT2D eigenvalue weighted by atomic mass is 32.2. The monoisotopic (exact) mass is 577 g/mol. The molecule has 1 saturated heterocycles. The van der Waals surface area contributed by atoms with Gasteiger partial charge in [0.2, 0.25) is 0 Å². The van der Waals surface area contributed by atoms with Gasteiger partial charge in [-0.25, -0.2) is 17.8 Å². The number of pyridine rings is 1. The molecule has 3 N–H and O–H groups in total. The molecule has 0 bridgehead atoms. The molecule has 3 aromatic rings. The summed E-state index contributed by atoms with van der Waals surface area (Å²) in [6, 6.07) is 10.3. The van der Waals surface area contributed by atoms with Gasteiger partial charge in [0.15, 0.2) is 20.7 Å². The van der Waals surface area contributed by atoms with E-state index in [4.69, 9.17) is 18.9 Å². The summed E-state index contributed by atoms with van der Waals surface area (Å²) in [5.74, 6) is -0.349. The molecule has 4 rings (SSSR count). The van der Waals surface area contributed by atoms with Gasteiger partial charge in [0.1, 0.15) is 41.8 Å². The Bertz CT molecular complexity index is 1440. The second-order valence-corrected chi connectivity index (χ2v) is 11.9. The number of hydrogen-bond donors (Lipinski definition) is 3. The van der Waals surface area contributed by atoms with E-state index in [0.29, 0.717) is 22.8 Å². The Labute approximate surface area is 231 Å². The van der Waals surface area contributed by atoms with Gasteiger partial charge in [-0.3, -0.25) is 4.79 Å². The highest BCUT2D eigenvalue weighted by Crippen LogP contribution is 2.33. The Kier molecular flexibility index (Phi) is 8.78. The number of amides is 1. The number of carbonyl (C=O) groups excluding carboxylic acids is 1. The largest absolute Gasteiger partial charge is 0.488 e. The zero-order valence-corrected chi connectivity index (χ0v) is 23.3. The molecule has 3 atom stereocenters. The lowest BCUT2D eigenvalue weighted by Gasteiger charge is -2.23. The van der Waals surface area contributed by atoms with E-state index in [1.807, 2.05) is 0 Å². The Hall–Kier alpha value is -3.52. The van der Waals surface area contributed by atoms with Crippen LogP contribution in [0.2, 0.25) is 0 Å². The summed E-state index contributed by atoms with van der Waals surface area (Å²) in [5, 5.41) is 12.5. The molecule has 2 aromatic heterocycles. The number of nitrogens with zero attached hydrogens (tertiary/aromatic N) is 1. The van der Waals surface area contributed by atoms with Crippen LogP contribution in [0, 0.1) is 0 Å². The van der Waals surface area contributed by atoms with Gasteiger partial charge in [-0.1, -0.05) is 0 Å². The van der Waals surface area contributed by atoms with Crippen molar-refractivity contribution in [1.82, 2.24) is 15.3 Å². The second kappa shape index (κ2) is 11.9. The van der Waals surface area contributed by atoms with Crippen molar-refractivity contribution < 1.29 is 41.7 Å². The molecular weight excluding hydrogens is 545 g/mol. The lowest BCUT2D eigenvalue weighted by molar-refractivity contribution is -0.142. The summed E-state index contributed by atoms with van der Waals surface area (Å²) in [6.07, 6.45) is 1.11. The van der Waals surface area contributed by atoms with Gasteiger partial charge in [-0.15, -0.1) is 0 Å². The number of aliphatic hydroxyl groups excluding tert-OH is 1. The van der Waals surface area contributed by atoms with E-state index in [0.717, 1.165) is 6.26 Å². The standard InChI is InChI=1S/C27H32FN3O8S/c1-16(12-28)37-19-9-17(10-20(11-19)38-18-5-8-25(29-13-18)40(4,34)35)21-6-7-22(30-21)26(33)31-23(14-32)24-15-36-27(2,3)39-24/h5-11,13,16,23-24,30,32H,12,14-15H2,1-4H3,(H,31,33)/t16-,23-,24-/m0/s1. The molecule has 1 aliphatic rings. The van der Waals surface area contributed by atoms with Gasteiger partial charge in [0, 0.05) is 23.6 Å². The number of aromatic amines is 1. The zero-order valence-electron chi connectivity index (χ0n) is 22.5. The molecule has 216 valence electrons. The van der Waals surface area contributed by atoms with E-state index in [1.165, 1.54) is 18.3 Å². The summed E-state index contributed by atoms with van der Waals surface area (Å²) in [4.78, 5) is 19.9. The molecule has 1 amide bonds. The number of hydrogen-bond acceptors (Lipinski definition) is 9. The molecule has 1 fully saturated rings. The first kappa shape index (κ1) is 29.5. The third-order valence-electron chi connectivity index (χ3n) is 5.99. The minimum Gasteiger partial charge on any atom is -0.488 e. The Morgan fingerprint density at radius 2 is 1.98 bits per heavy atom. The van der Waals surface area contributed by atoms with Crippen LogP contribution in [-0.4, -0.2) is 79.6 Å². The molecule has 1 aliphatic heterocycles. The molecule has 0 spiro atoms. The van der Waals surface area contributed by atoms with E-state index in [1.54, 1.807) is 51.1 Å². The molecule has 0 radical (unpaired) electrons. The summed E-state index contributed by atoms with van der Waals surface area (Å²) in [5.41, 5.74) is 1.35. The summed E-state index contributed by atoms with van der Waals surface area (Å²) < 4.78 is 59.4. The van der Waals surface area contributed by atoms with Crippen LogP contribution in [0.5, 0.6) is 17.2 Å². The molecule has 11 nitrogen and oxygen atoms in total. The number of aliphatic hydroxyl groups is 1. The number of sulfone groups is 1. The highest BCUT2D eigenvalue weighted by Gasteiger charge is 2.38. The highest BCUT2D eigenvalue weighted by molar-refractivity contribution is 7.90. The first-order valence-corrected chi connectivity index (χ1v) is 14.4. The molecule has 13 heteroatoms. The van der Waals surface area contributed by atoms with E-state index in [2.05, 4.69) is 15.3 Å². The summed E-state index contributed by atoms with van der Waals surface area (Å²) >= 11 is 0. The molecule has 40 heavy (non-hydrogen) atoms. The van der Waals surface area contributed by atoms with Crippen molar-refractivity contribution in [2.75, 3.05) is 26.1 Å². The van der Waals surface area contributed by atoms with E-state index >= 15 is 0 Å². The lowest BCUT2D eigenvalue weighted by Crippen LogP contribution is -2.47. The minimum atomic E-state index is -3.47. The van der Waals surface area contributed by atoms with E-state index < -0.39 is 46.5 Å². The SMILES string of the molecule is C[C@@H](CF)Oc1cc(Oc2ccc(S(C)(=O)=O)nc2)cc(-c2ccc(C(=O)N[C@@H](CO)[C@@H]3COC(C)(C)O3)[nH]2)c1. The number of H-pyrrole nitrogens is 1. The number of nitrogens with one attached hydrogen (secondary N) is 2. The topological polar surface area (TPSA) is 149 Å². The first-order chi connectivity index (χ1) is 18.9. The summed E-state index contributed by atoms with van der Waals surface area (Å²) in [6.45, 7) is 4.28. The molecule has 0 aliphatic carbocycles. The predicted molar refractivity (Wildman–Crippen MR) is 143 cm³/mol. The van der Waals surface area contributed by atoms with Gasteiger partial charge in [-0.2, -0.15) is 0 Å². The Morgan fingerprint density at radius 1 is 1.23 bits per heavy atom.